The van der Waals surface area contributed by atoms with Gasteiger partial charge in [-0.1, -0.05) is 42.5 Å². The molecular weight excluding hydrogens is 362 g/mol. The molecule has 0 aliphatic carbocycles. The highest BCUT2D eigenvalue weighted by Gasteiger charge is 2.13. The summed E-state index contributed by atoms with van der Waals surface area (Å²) >= 11 is 0. The molecule has 3 rings (SSSR count). The minimum atomic E-state index is -2.91. The lowest BCUT2D eigenvalue weighted by atomic mass is 10.1. The van der Waals surface area contributed by atoms with Gasteiger partial charge in [0.25, 0.3) is 0 Å². The molecule has 0 saturated carbocycles. The number of nitrogens with zero attached hydrogens (tertiary/aromatic N) is 1. The summed E-state index contributed by atoms with van der Waals surface area (Å²) < 4.78 is 29.4. The fourth-order valence-electron chi connectivity index (χ4n) is 3.29. The van der Waals surface area contributed by atoms with Crippen molar-refractivity contribution in [3.05, 3.63) is 71.3 Å². The summed E-state index contributed by atoms with van der Waals surface area (Å²) in [5.74, 6) is -0.250. The van der Waals surface area contributed by atoms with Crippen LogP contribution in [0.5, 0.6) is 5.75 Å². The van der Waals surface area contributed by atoms with Crippen LogP contribution < -0.4 is 10.1 Å². The first-order chi connectivity index (χ1) is 13.6. The second kappa shape index (κ2) is 9.99. The molecule has 1 saturated heterocycles. The Hall–Kier alpha value is -2.73. The lowest BCUT2D eigenvalue weighted by molar-refractivity contribution is -0.116. The van der Waals surface area contributed by atoms with Crippen LogP contribution in [0.3, 0.4) is 0 Å². The Balaban J connectivity index is 1.58. The molecule has 28 heavy (non-hydrogen) atoms. The summed E-state index contributed by atoms with van der Waals surface area (Å²) in [6, 6.07) is 14.4. The third kappa shape index (κ3) is 5.89. The highest BCUT2D eigenvalue weighted by molar-refractivity contribution is 5.92. The quantitative estimate of drug-likeness (QED) is 0.691. The molecule has 1 heterocycles. The molecule has 1 aliphatic heterocycles. The Kier molecular flexibility index (Phi) is 7.14. The smallest absolute Gasteiger partial charge is 0.387 e. The van der Waals surface area contributed by atoms with E-state index in [0.717, 1.165) is 25.2 Å². The Bertz CT molecular complexity index is 818. The molecule has 0 aromatic heterocycles. The fourth-order valence-corrected chi connectivity index (χ4v) is 3.29. The van der Waals surface area contributed by atoms with Gasteiger partial charge in [0.1, 0.15) is 5.75 Å². The standard InChI is InChI=1S/C22H24F2N2O2/c23-22(24)28-20-10-4-3-7-17(20)11-12-21(27)25-15-18-8-1-2-9-19(18)16-26-13-5-6-14-26/h1-4,7-12,22H,5-6,13-16H2,(H,25,27). The minimum Gasteiger partial charge on any atom is -0.434 e. The van der Waals surface area contributed by atoms with Gasteiger partial charge in [0, 0.05) is 24.7 Å². The van der Waals surface area contributed by atoms with Gasteiger partial charge in [0.2, 0.25) is 5.91 Å². The van der Waals surface area contributed by atoms with Crippen LogP contribution in [0.1, 0.15) is 29.5 Å². The maximum Gasteiger partial charge on any atom is 0.387 e. The number of benzene rings is 2. The Morgan fingerprint density at radius 1 is 1.07 bits per heavy atom. The summed E-state index contributed by atoms with van der Waals surface area (Å²) in [6.07, 6.45) is 5.28. The summed E-state index contributed by atoms with van der Waals surface area (Å²) in [4.78, 5) is 14.6. The number of halogens is 2. The predicted octanol–water partition coefficient (Wildman–Crippen LogP) is 4.21. The van der Waals surface area contributed by atoms with Gasteiger partial charge in [0.05, 0.1) is 0 Å². The summed E-state index contributed by atoms with van der Waals surface area (Å²) in [6.45, 7) is 0.630. The molecule has 2 aromatic carbocycles. The average molecular weight is 386 g/mol. The number of alkyl halides is 2. The molecule has 0 bridgehead atoms. The number of hydrogen-bond acceptors (Lipinski definition) is 3. The fraction of sp³-hybridized carbons (Fsp3) is 0.318. The number of amides is 1. The van der Waals surface area contributed by atoms with Crippen molar-refractivity contribution in [2.24, 2.45) is 0 Å². The Morgan fingerprint density at radius 3 is 2.50 bits per heavy atom. The molecule has 0 unspecified atom stereocenters. The molecule has 0 atom stereocenters. The van der Waals surface area contributed by atoms with E-state index in [4.69, 9.17) is 0 Å². The Morgan fingerprint density at radius 2 is 1.75 bits per heavy atom. The maximum atomic E-state index is 12.5. The molecule has 0 spiro atoms. The van der Waals surface area contributed by atoms with Crippen LogP contribution in [0.25, 0.3) is 6.08 Å². The van der Waals surface area contributed by atoms with Gasteiger partial charge in [-0.05, 0) is 49.2 Å². The van der Waals surface area contributed by atoms with Crippen LogP contribution in [-0.2, 0) is 17.9 Å². The number of carbonyl (C=O) groups is 1. The van der Waals surface area contributed by atoms with Crippen molar-refractivity contribution in [3.63, 3.8) is 0 Å². The van der Waals surface area contributed by atoms with Crippen molar-refractivity contribution >= 4 is 12.0 Å². The molecule has 2 aromatic rings. The molecule has 0 radical (unpaired) electrons. The van der Waals surface area contributed by atoms with Gasteiger partial charge in [0.15, 0.2) is 0 Å². The zero-order valence-corrected chi connectivity index (χ0v) is 15.6. The van der Waals surface area contributed by atoms with Crippen LogP contribution in [0.4, 0.5) is 8.78 Å². The maximum absolute atomic E-state index is 12.5. The summed E-state index contributed by atoms with van der Waals surface area (Å²) in [5.41, 5.74) is 2.72. The van der Waals surface area contributed by atoms with Crippen molar-refractivity contribution in [3.8, 4) is 5.75 Å². The van der Waals surface area contributed by atoms with E-state index in [2.05, 4.69) is 21.0 Å². The zero-order chi connectivity index (χ0) is 19.8. The second-order valence-electron chi connectivity index (χ2n) is 6.72. The molecule has 6 heteroatoms. The zero-order valence-electron chi connectivity index (χ0n) is 15.6. The van der Waals surface area contributed by atoms with E-state index < -0.39 is 6.61 Å². The van der Waals surface area contributed by atoms with E-state index in [1.165, 1.54) is 36.6 Å². The summed E-state index contributed by atoms with van der Waals surface area (Å²) in [7, 11) is 0. The van der Waals surface area contributed by atoms with Gasteiger partial charge in [-0.2, -0.15) is 8.78 Å². The van der Waals surface area contributed by atoms with E-state index in [1.807, 2.05) is 18.2 Å². The molecular formula is C22H24F2N2O2. The highest BCUT2D eigenvalue weighted by atomic mass is 19.3. The monoisotopic (exact) mass is 386 g/mol. The van der Waals surface area contributed by atoms with Gasteiger partial charge in [-0.25, -0.2) is 0 Å². The van der Waals surface area contributed by atoms with E-state index in [0.29, 0.717) is 12.1 Å². The molecule has 1 aliphatic rings. The second-order valence-corrected chi connectivity index (χ2v) is 6.72. The molecule has 148 valence electrons. The van der Waals surface area contributed by atoms with Crippen LogP contribution in [0, 0.1) is 0 Å². The van der Waals surface area contributed by atoms with Crippen LogP contribution in [-0.4, -0.2) is 30.5 Å². The number of hydrogen-bond donors (Lipinski definition) is 1. The van der Waals surface area contributed by atoms with E-state index in [9.17, 15) is 13.6 Å². The van der Waals surface area contributed by atoms with Gasteiger partial charge in [-0.15, -0.1) is 0 Å². The molecule has 1 amide bonds. The first-order valence-electron chi connectivity index (χ1n) is 9.41. The number of ether oxygens (including phenoxy) is 1. The van der Waals surface area contributed by atoms with Crippen molar-refractivity contribution in [1.82, 2.24) is 10.2 Å². The molecule has 1 N–H and O–H groups in total. The van der Waals surface area contributed by atoms with Crippen LogP contribution >= 0.6 is 0 Å². The highest BCUT2D eigenvalue weighted by Crippen LogP contribution is 2.21. The van der Waals surface area contributed by atoms with Crippen molar-refractivity contribution in [2.45, 2.75) is 32.5 Å². The number of rotatable bonds is 8. The number of likely N-dealkylation sites (tertiary alicyclic amines) is 1. The van der Waals surface area contributed by atoms with Gasteiger partial charge in [-0.3, -0.25) is 9.69 Å². The van der Waals surface area contributed by atoms with Gasteiger partial charge < -0.3 is 10.1 Å². The number of carbonyl (C=O) groups excluding carboxylic acids is 1. The summed E-state index contributed by atoms with van der Waals surface area (Å²) in [5, 5.41) is 2.86. The third-order valence-electron chi connectivity index (χ3n) is 4.71. The average Bonchev–Trinajstić information content (AvgIpc) is 3.19. The minimum absolute atomic E-state index is 0.0394. The number of para-hydroxylation sites is 1. The van der Waals surface area contributed by atoms with Crippen LogP contribution in [0.15, 0.2) is 54.6 Å². The SMILES string of the molecule is O=C(C=Cc1ccccc1OC(F)F)NCc1ccccc1CN1CCCC1. The number of nitrogens with one attached hydrogen (secondary N) is 1. The molecule has 1 fully saturated rings. The van der Waals surface area contributed by atoms with E-state index >= 15 is 0 Å². The first-order valence-corrected chi connectivity index (χ1v) is 9.41. The molecule has 4 nitrogen and oxygen atoms in total. The van der Waals surface area contributed by atoms with Crippen molar-refractivity contribution < 1.29 is 18.3 Å². The third-order valence-corrected chi connectivity index (χ3v) is 4.71. The predicted molar refractivity (Wildman–Crippen MR) is 105 cm³/mol. The Labute approximate surface area is 163 Å². The van der Waals surface area contributed by atoms with Crippen molar-refractivity contribution in [2.75, 3.05) is 13.1 Å². The topological polar surface area (TPSA) is 41.6 Å². The van der Waals surface area contributed by atoms with Gasteiger partial charge >= 0.3 is 6.61 Å². The van der Waals surface area contributed by atoms with Crippen LogP contribution in [0.2, 0.25) is 0 Å². The lowest BCUT2D eigenvalue weighted by Gasteiger charge is -2.17. The lowest BCUT2D eigenvalue weighted by Crippen LogP contribution is -2.23. The normalized spacial score (nSPS) is 14.7. The first kappa shape index (κ1) is 20.0. The van der Waals surface area contributed by atoms with E-state index in [-0.39, 0.29) is 11.7 Å². The largest absolute Gasteiger partial charge is 0.434 e. The van der Waals surface area contributed by atoms with Crippen molar-refractivity contribution in [1.29, 1.82) is 0 Å². The van der Waals surface area contributed by atoms with E-state index in [1.54, 1.807) is 18.2 Å².